The van der Waals surface area contributed by atoms with E-state index in [1.165, 1.54) is 18.8 Å². The molecule has 160 valence electrons. The molecule has 1 heterocycles. The van der Waals surface area contributed by atoms with Crippen molar-refractivity contribution in [3.05, 3.63) is 33.0 Å². The molecule has 0 fully saturated rings. The zero-order chi connectivity index (χ0) is 21.4. The van der Waals surface area contributed by atoms with Crippen molar-refractivity contribution in [1.29, 1.82) is 0 Å². The second-order valence-electron chi connectivity index (χ2n) is 7.48. The first-order chi connectivity index (χ1) is 13.9. The standard InChI is InChI=1S/C21H31N3O5/c1-14(2)9-10-22-19(25)8-6-5-7-11-24-20(26)15-12-17(28-3)18(29-4)13-16(15)23-21(24)27/h12-14H,5-11H2,1-4H3,(H,22,25)(H,23,27). The van der Waals surface area contributed by atoms with Gasteiger partial charge in [-0.3, -0.25) is 14.2 Å². The van der Waals surface area contributed by atoms with Crippen LogP contribution in [0.4, 0.5) is 0 Å². The number of hydrogen-bond acceptors (Lipinski definition) is 5. The summed E-state index contributed by atoms with van der Waals surface area (Å²) in [6.07, 6.45) is 3.54. The van der Waals surface area contributed by atoms with Crippen LogP contribution in [-0.4, -0.2) is 36.2 Å². The number of methoxy groups -OCH3 is 2. The Hall–Kier alpha value is -2.77. The van der Waals surface area contributed by atoms with E-state index in [2.05, 4.69) is 24.1 Å². The second-order valence-corrected chi connectivity index (χ2v) is 7.48. The normalized spacial score (nSPS) is 11.1. The van der Waals surface area contributed by atoms with Crippen LogP contribution in [0.15, 0.2) is 21.7 Å². The Morgan fingerprint density at radius 3 is 2.45 bits per heavy atom. The molecule has 2 rings (SSSR count). The number of amides is 1. The molecule has 0 radical (unpaired) electrons. The van der Waals surface area contributed by atoms with E-state index < -0.39 is 5.69 Å². The van der Waals surface area contributed by atoms with Gasteiger partial charge >= 0.3 is 5.69 Å². The summed E-state index contributed by atoms with van der Waals surface area (Å²) in [6.45, 7) is 5.24. The second kappa shape index (κ2) is 10.7. The van der Waals surface area contributed by atoms with Crippen molar-refractivity contribution in [3.8, 4) is 11.5 Å². The molecule has 0 saturated heterocycles. The zero-order valence-electron chi connectivity index (χ0n) is 17.7. The molecule has 0 aliphatic carbocycles. The number of nitrogens with one attached hydrogen (secondary N) is 2. The highest BCUT2D eigenvalue weighted by Gasteiger charge is 2.12. The third-order valence-electron chi connectivity index (χ3n) is 4.82. The number of aromatic amines is 1. The number of nitrogens with zero attached hydrogens (tertiary/aromatic N) is 1. The monoisotopic (exact) mass is 405 g/mol. The fraction of sp³-hybridized carbons (Fsp3) is 0.571. The predicted octanol–water partition coefficient (Wildman–Crippen LogP) is 2.43. The van der Waals surface area contributed by atoms with Crippen molar-refractivity contribution in [2.24, 2.45) is 5.92 Å². The minimum atomic E-state index is -0.457. The van der Waals surface area contributed by atoms with Gasteiger partial charge in [-0.1, -0.05) is 20.3 Å². The van der Waals surface area contributed by atoms with Gasteiger partial charge in [-0.2, -0.15) is 0 Å². The zero-order valence-corrected chi connectivity index (χ0v) is 17.7. The molecule has 8 nitrogen and oxygen atoms in total. The Labute approximate surface area is 170 Å². The van der Waals surface area contributed by atoms with Crippen LogP contribution in [0.3, 0.4) is 0 Å². The number of carbonyl (C=O) groups is 1. The van der Waals surface area contributed by atoms with Gasteiger partial charge < -0.3 is 19.8 Å². The Morgan fingerprint density at radius 1 is 1.10 bits per heavy atom. The lowest BCUT2D eigenvalue weighted by Crippen LogP contribution is -2.35. The van der Waals surface area contributed by atoms with Gasteiger partial charge in [0.05, 0.1) is 25.1 Å². The smallest absolute Gasteiger partial charge is 0.328 e. The molecule has 2 aromatic rings. The van der Waals surface area contributed by atoms with E-state index in [9.17, 15) is 14.4 Å². The average Bonchev–Trinajstić information content (AvgIpc) is 2.68. The predicted molar refractivity (Wildman–Crippen MR) is 113 cm³/mol. The van der Waals surface area contributed by atoms with Crippen LogP contribution in [0, 0.1) is 5.92 Å². The largest absolute Gasteiger partial charge is 0.493 e. The lowest BCUT2D eigenvalue weighted by atomic mass is 10.1. The first kappa shape index (κ1) is 22.5. The number of carbonyl (C=O) groups excluding carboxylic acids is 1. The molecule has 0 saturated carbocycles. The number of ether oxygens (including phenoxy) is 2. The molecule has 0 aliphatic rings. The van der Waals surface area contributed by atoms with Crippen molar-refractivity contribution in [1.82, 2.24) is 14.9 Å². The van der Waals surface area contributed by atoms with Gasteiger partial charge in [0.2, 0.25) is 5.91 Å². The molecule has 0 unspecified atom stereocenters. The van der Waals surface area contributed by atoms with E-state index in [1.54, 1.807) is 12.1 Å². The van der Waals surface area contributed by atoms with Gasteiger partial charge in [-0.15, -0.1) is 0 Å². The molecule has 1 aromatic heterocycles. The van der Waals surface area contributed by atoms with Crippen LogP contribution in [0.2, 0.25) is 0 Å². The maximum atomic E-state index is 12.7. The SMILES string of the molecule is COc1cc2[nH]c(=O)n(CCCCCC(=O)NCCC(C)C)c(=O)c2cc1OC. The third kappa shape index (κ3) is 6.10. The highest BCUT2D eigenvalue weighted by molar-refractivity contribution is 5.81. The number of H-pyrrole nitrogens is 1. The molecule has 29 heavy (non-hydrogen) atoms. The molecule has 0 spiro atoms. The molecule has 1 amide bonds. The van der Waals surface area contributed by atoms with E-state index >= 15 is 0 Å². The van der Waals surface area contributed by atoms with E-state index in [-0.39, 0.29) is 11.5 Å². The summed E-state index contributed by atoms with van der Waals surface area (Å²) in [5.41, 5.74) is -0.413. The lowest BCUT2D eigenvalue weighted by Gasteiger charge is -2.11. The molecule has 0 aliphatic heterocycles. The number of benzene rings is 1. The third-order valence-corrected chi connectivity index (χ3v) is 4.82. The van der Waals surface area contributed by atoms with Crippen LogP contribution in [0.25, 0.3) is 10.9 Å². The number of hydrogen-bond donors (Lipinski definition) is 2. The van der Waals surface area contributed by atoms with Crippen molar-refractivity contribution >= 4 is 16.8 Å². The van der Waals surface area contributed by atoms with Crippen molar-refractivity contribution in [2.45, 2.75) is 52.5 Å². The first-order valence-corrected chi connectivity index (χ1v) is 10.0. The van der Waals surface area contributed by atoms with Crippen LogP contribution < -0.4 is 26.0 Å². The first-order valence-electron chi connectivity index (χ1n) is 10.0. The number of rotatable bonds is 11. The molecule has 1 aromatic carbocycles. The topological polar surface area (TPSA) is 102 Å². The number of fused-ring (bicyclic) bond motifs is 1. The van der Waals surface area contributed by atoms with Gasteiger partial charge in [-0.05, 0) is 31.2 Å². The van der Waals surface area contributed by atoms with Crippen LogP contribution >= 0.6 is 0 Å². The van der Waals surface area contributed by atoms with Crippen molar-refractivity contribution < 1.29 is 14.3 Å². The quantitative estimate of drug-likeness (QED) is 0.559. The van der Waals surface area contributed by atoms with E-state index in [1.807, 2.05) is 0 Å². The van der Waals surface area contributed by atoms with Gasteiger partial charge in [0.1, 0.15) is 0 Å². The van der Waals surface area contributed by atoms with Gasteiger partial charge in [-0.25, -0.2) is 4.79 Å². The Kier molecular flexibility index (Phi) is 8.30. The highest BCUT2D eigenvalue weighted by atomic mass is 16.5. The van der Waals surface area contributed by atoms with Gasteiger partial charge in [0.25, 0.3) is 5.56 Å². The average molecular weight is 405 g/mol. The summed E-state index contributed by atoms with van der Waals surface area (Å²) in [4.78, 5) is 39.6. The summed E-state index contributed by atoms with van der Waals surface area (Å²) < 4.78 is 11.6. The van der Waals surface area contributed by atoms with Gasteiger partial charge in [0.15, 0.2) is 11.5 Å². The Balaban J connectivity index is 1.96. The summed E-state index contributed by atoms with van der Waals surface area (Å²) in [5.74, 6) is 1.49. The number of aromatic nitrogens is 2. The highest BCUT2D eigenvalue weighted by Crippen LogP contribution is 2.29. The lowest BCUT2D eigenvalue weighted by molar-refractivity contribution is -0.121. The minimum Gasteiger partial charge on any atom is -0.493 e. The summed E-state index contributed by atoms with van der Waals surface area (Å²) in [6, 6.07) is 3.16. The summed E-state index contributed by atoms with van der Waals surface area (Å²) in [5, 5.41) is 3.28. The maximum Gasteiger partial charge on any atom is 0.328 e. The Morgan fingerprint density at radius 2 is 1.79 bits per heavy atom. The van der Waals surface area contributed by atoms with Crippen LogP contribution in [0.1, 0.15) is 46.0 Å². The molecular formula is C21H31N3O5. The fourth-order valence-corrected chi connectivity index (χ4v) is 3.10. The molecular weight excluding hydrogens is 374 g/mol. The molecule has 2 N–H and O–H groups in total. The fourth-order valence-electron chi connectivity index (χ4n) is 3.10. The van der Waals surface area contributed by atoms with Crippen molar-refractivity contribution in [2.75, 3.05) is 20.8 Å². The van der Waals surface area contributed by atoms with Crippen molar-refractivity contribution in [3.63, 3.8) is 0 Å². The molecule has 0 bridgehead atoms. The van der Waals surface area contributed by atoms with E-state index in [0.717, 1.165) is 19.3 Å². The maximum absolute atomic E-state index is 12.7. The Bertz CT molecular complexity index is 946. The molecule has 0 atom stereocenters. The number of unbranched alkanes of at least 4 members (excludes halogenated alkanes) is 2. The van der Waals surface area contributed by atoms with Crippen LogP contribution in [0.5, 0.6) is 11.5 Å². The van der Waals surface area contributed by atoms with Crippen LogP contribution in [-0.2, 0) is 11.3 Å². The van der Waals surface area contributed by atoms with E-state index in [4.69, 9.17) is 9.47 Å². The summed E-state index contributed by atoms with van der Waals surface area (Å²) >= 11 is 0. The van der Waals surface area contributed by atoms with E-state index in [0.29, 0.717) is 54.3 Å². The van der Waals surface area contributed by atoms with Gasteiger partial charge in [0, 0.05) is 25.6 Å². The summed E-state index contributed by atoms with van der Waals surface area (Å²) in [7, 11) is 2.99. The minimum absolute atomic E-state index is 0.0485. The molecule has 8 heteroatoms.